The second kappa shape index (κ2) is 9.43. The van der Waals surface area contributed by atoms with E-state index in [-0.39, 0.29) is 17.6 Å². The minimum Gasteiger partial charge on any atom is -0.508 e. The smallest absolute Gasteiger partial charge is 0.326 e. The first-order chi connectivity index (χ1) is 14.0. The van der Waals surface area contributed by atoms with E-state index in [1.807, 2.05) is 12.1 Å². The van der Waals surface area contributed by atoms with E-state index in [4.69, 9.17) is 0 Å². The van der Waals surface area contributed by atoms with Crippen LogP contribution in [0.25, 0.3) is 0 Å². The second-order valence-corrected chi connectivity index (χ2v) is 8.29. The molecule has 0 saturated carbocycles. The van der Waals surface area contributed by atoms with Crippen molar-refractivity contribution in [2.45, 2.75) is 51.6 Å². The molecule has 30 heavy (non-hydrogen) atoms. The Balaban J connectivity index is 1.98. The van der Waals surface area contributed by atoms with Crippen LogP contribution in [0.4, 0.5) is 0 Å². The van der Waals surface area contributed by atoms with Gasteiger partial charge in [-0.25, -0.2) is 4.79 Å². The standard InChI is InChI=1S/C23H28N2O5/c1-14(24-21(28)16-7-9-17(10-8-16)23(2,3)4)20(27)25-19(22(29)30)13-15-5-11-18(26)12-6-15/h5-12,14,19,26H,13H2,1-4H3,(H,24,28)(H,25,27)(H,29,30)/t14-,19-/m0/s1. The summed E-state index contributed by atoms with van der Waals surface area (Å²) in [7, 11) is 0. The van der Waals surface area contributed by atoms with Crippen molar-refractivity contribution in [2.75, 3.05) is 0 Å². The average molecular weight is 412 g/mol. The molecule has 0 bridgehead atoms. The Morgan fingerprint density at radius 1 is 0.933 bits per heavy atom. The zero-order valence-corrected chi connectivity index (χ0v) is 17.6. The first-order valence-electron chi connectivity index (χ1n) is 9.70. The molecule has 0 aliphatic carbocycles. The van der Waals surface area contributed by atoms with Gasteiger partial charge in [-0.1, -0.05) is 45.0 Å². The molecule has 2 atom stereocenters. The molecule has 0 spiro atoms. The van der Waals surface area contributed by atoms with Gasteiger partial charge in [-0.3, -0.25) is 9.59 Å². The molecule has 4 N–H and O–H groups in total. The Morgan fingerprint density at radius 3 is 2.00 bits per heavy atom. The van der Waals surface area contributed by atoms with Crippen molar-refractivity contribution in [3.63, 3.8) is 0 Å². The lowest BCUT2D eigenvalue weighted by Crippen LogP contribution is -2.51. The molecule has 0 fully saturated rings. The van der Waals surface area contributed by atoms with Gasteiger partial charge in [0.1, 0.15) is 17.8 Å². The van der Waals surface area contributed by atoms with Gasteiger partial charge in [0.25, 0.3) is 5.91 Å². The zero-order chi connectivity index (χ0) is 22.5. The van der Waals surface area contributed by atoms with Gasteiger partial charge in [0, 0.05) is 12.0 Å². The number of aromatic hydroxyl groups is 1. The Bertz CT molecular complexity index is 899. The van der Waals surface area contributed by atoms with Crippen molar-refractivity contribution in [1.29, 1.82) is 0 Å². The fraction of sp³-hybridized carbons (Fsp3) is 0.348. The fourth-order valence-corrected chi connectivity index (χ4v) is 2.83. The number of carboxylic acids is 1. The average Bonchev–Trinajstić information content (AvgIpc) is 2.68. The molecule has 0 aromatic heterocycles. The molecule has 2 amide bonds. The number of benzene rings is 2. The third-order valence-corrected chi connectivity index (χ3v) is 4.74. The van der Waals surface area contributed by atoms with Crippen molar-refractivity contribution in [3.8, 4) is 5.75 Å². The monoisotopic (exact) mass is 412 g/mol. The number of hydrogen-bond acceptors (Lipinski definition) is 4. The molecule has 2 aromatic carbocycles. The van der Waals surface area contributed by atoms with Crippen LogP contribution in [0.3, 0.4) is 0 Å². The quantitative estimate of drug-likeness (QED) is 0.558. The van der Waals surface area contributed by atoms with Gasteiger partial charge in [-0.2, -0.15) is 0 Å². The molecule has 0 heterocycles. The molecule has 0 aliphatic heterocycles. The highest BCUT2D eigenvalue weighted by atomic mass is 16.4. The summed E-state index contributed by atoms with van der Waals surface area (Å²) in [6, 6.07) is 11.1. The number of phenolic OH excluding ortho intramolecular Hbond substituents is 1. The highest BCUT2D eigenvalue weighted by Crippen LogP contribution is 2.22. The Kier molecular flexibility index (Phi) is 7.21. The summed E-state index contributed by atoms with van der Waals surface area (Å²) >= 11 is 0. The second-order valence-electron chi connectivity index (χ2n) is 8.29. The lowest BCUT2D eigenvalue weighted by atomic mass is 9.86. The predicted molar refractivity (Wildman–Crippen MR) is 113 cm³/mol. The summed E-state index contributed by atoms with van der Waals surface area (Å²) in [6.07, 6.45) is 0.0519. The maximum Gasteiger partial charge on any atom is 0.326 e. The summed E-state index contributed by atoms with van der Waals surface area (Å²) < 4.78 is 0. The van der Waals surface area contributed by atoms with Gasteiger partial charge in [0.2, 0.25) is 5.91 Å². The first-order valence-corrected chi connectivity index (χ1v) is 9.70. The highest BCUT2D eigenvalue weighted by molar-refractivity contribution is 5.98. The van der Waals surface area contributed by atoms with Crippen LogP contribution in [0.5, 0.6) is 5.75 Å². The Morgan fingerprint density at radius 2 is 1.50 bits per heavy atom. The SMILES string of the molecule is C[C@H](NC(=O)c1ccc(C(C)(C)C)cc1)C(=O)N[C@@H](Cc1ccc(O)cc1)C(=O)O. The summed E-state index contributed by atoms with van der Waals surface area (Å²) in [5, 5.41) is 23.8. The van der Waals surface area contributed by atoms with Gasteiger partial charge in [-0.15, -0.1) is 0 Å². The number of carbonyl (C=O) groups excluding carboxylic acids is 2. The molecular weight excluding hydrogens is 384 g/mol. The number of nitrogens with one attached hydrogen (secondary N) is 2. The van der Waals surface area contributed by atoms with Gasteiger partial charge >= 0.3 is 5.97 Å². The van der Waals surface area contributed by atoms with Crippen LogP contribution in [-0.2, 0) is 21.4 Å². The lowest BCUT2D eigenvalue weighted by Gasteiger charge is -2.20. The summed E-state index contributed by atoms with van der Waals surface area (Å²) in [5.41, 5.74) is 2.12. The Labute approximate surface area is 176 Å². The molecule has 0 aliphatic rings. The minimum atomic E-state index is -1.19. The molecule has 0 radical (unpaired) electrons. The van der Waals surface area contributed by atoms with Crippen LogP contribution in [0.15, 0.2) is 48.5 Å². The normalized spacial score (nSPS) is 13.2. The lowest BCUT2D eigenvalue weighted by molar-refractivity contribution is -0.142. The van der Waals surface area contributed by atoms with E-state index >= 15 is 0 Å². The number of rotatable bonds is 7. The molecule has 7 heteroatoms. The highest BCUT2D eigenvalue weighted by Gasteiger charge is 2.24. The van der Waals surface area contributed by atoms with Gasteiger partial charge < -0.3 is 20.8 Å². The molecular formula is C23H28N2O5. The van der Waals surface area contributed by atoms with Crippen LogP contribution in [-0.4, -0.2) is 40.1 Å². The van der Waals surface area contributed by atoms with Crippen LogP contribution in [0, 0.1) is 0 Å². The topological polar surface area (TPSA) is 116 Å². The van der Waals surface area contributed by atoms with Crippen LogP contribution < -0.4 is 10.6 Å². The minimum absolute atomic E-state index is 0.0362. The molecule has 7 nitrogen and oxygen atoms in total. The van der Waals surface area contributed by atoms with E-state index in [2.05, 4.69) is 31.4 Å². The zero-order valence-electron chi connectivity index (χ0n) is 17.6. The molecule has 2 rings (SSSR count). The van der Waals surface area contributed by atoms with E-state index in [0.717, 1.165) is 5.56 Å². The molecule has 0 unspecified atom stereocenters. The van der Waals surface area contributed by atoms with E-state index < -0.39 is 29.9 Å². The number of carbonyl (C=O) groups is 3. The molecule has 0 saturated heterocycles. The fourth-order valence-electron chi connectivity index (χ4n) is 2.83. The van der Waals surface area contributed by atoms with Gasteiger partial charge in [0.15, 0.2) is 0 Å². The van der Waals surface area contributed by atoms with Crippen molar-refractivity contribution >= 4 is 17.8 Å². The molecule has 160 valence electrons. The number of carboxylic acid groups (broad SMARTS) is 1. The maximum absolute atomic E-state index is 12.4. The first kappa shape index (κ1) is 22.9. The number of phenols is 1. The van der Waals surface area contributed by atoms with E-state index in [0.29, 0.717) is 11.1 Å². The number of amides is 2. The van der Waals surface area contributed by atoms with Crippen molar-refractivity contribution in [3.05, 3.63) is 65.2 Å². The van der Waals surface area contributed by atoms with E-state index in [9.17, 15) is 24.6 Å². The predicted octanol–water partition coefficient (Wildman–Crippen LogP) is 2.62. The van der Waals surface area contributed by atoms with Crippen LogP contribution in [0.2, 0.25) is 0 Å². The van der Waals surface area contributed by atoms with E-state index in [1.165, 1.54) is 19.1 Å². The Hall–Kier alpha value is -3.35. The van der Waals surface area contributed by atoms with Gasteiger partial charge in [-0.05, 0) is 47.7 Å². The van der Waals surface area contributed by atoms with Crippen molar-refractivity contribution < 1.29 is 24.6 Å². The summed E-state index contributed by atoms with van der Waals surface area (Å²) in [5.74, 6) is -2.13. The van der Waals surface area contributed by atoms with Gasteiger partial charge in [0.05, 0.1) is 0 Å². The summed E-state index contributed by atoms with van der Waals surface area (Å²) in [4.78, 5) is 36.4. The summed E-state index contributed by atoms with van der Waals surface area (Å²) in [6.45, 7) is 7.72. The third kappa shape index (κ3) is 6.34. The van der Waals surface area contributed by atoms with E-state index in [1.54, 1.807) is 24.3 Å². The van der Waals surface area contributed by atoms with Crippen LogP contribution in [0.1, 0.15) is 49.2 Å². The van der Waals surface area contributed by atoms with Crippen molar-refractivity contribution in [2.24, 2.45) is 0 Å². The maximum atomic E-state index is 12.4. The number of aliphatic carboxylic acids is 1. The number of hydrogen-bond donors (Lipinski definition) is 4. The third-order valence-electron chi connectivity index (χ3n) is 4.74. The molecule has 2 aromatic rings. The largest absolute Gasteiger partial charge is 0.508 e. The van der Waals surface area contributed by atoms with Crippen molar-refractivity contribution in [1.82, 2.24) is 10.6 Å². The van der Waals surface area contributed by atoms with Crippen LogP contribution >= 0.6 is 0 Å².